The van der Waals surface area contributed by atoms with Crippen molar-refractivity contribution in [3.63, 3.8) is 0 Å². The third kappa shape index (κ3) is 2.56. The Morgan fingerprint density at radius 3 is 2.47 bits per heavy atom. The molecule has 1 aliphatic rings. The normalized spacial score (nSPS) is 23.3. The molecule has 1 saturated heterocycles. The van der Waals surface area contributed by atoms with Gasteiger partial charge < -0.3 is 10.6 Å². The van der Waals surface area contributed by atoms with Crippen LogP contribution in [-0.2, 0) is 9.59 Å². The smallest absolute Gasteiger partial charge is 0.240 e. The van der Waals surface area contributed by atoms with Gasteiger partial charge in [0.2, 0.25) is 5.91 Å². The molecular weight excluding hydrogens is 192 g/mol. The summed E-state index contributed by atoms with van der Waals surface area (Å²) in [6, 6.07) is -0.716. The number of nitrogens with zero attached hydrogens (tertiary/aromatic N) is 1. The Labute approximate surface area is 90.8 Å². The van der Waals surface area contributed by atoms with Crippen LogP contribution >= 0.6 is 0 Å². The molecule has 0 aromatic carbocycles. The topological polar surface area (TPSA) is 63.4 Å². The maximum Gasteiger partial charge on any atom is 0.240 e. The highest BCUT2D eigenvalue weighted by atomic mass is 16.2. The summed E-state index contributed by atoms with van der Waals surface area (Å²) in [7, 11) is 0. The van der Waals surface area contributed by atoms with Crippen LogP contribution in [0, 0.1) is 5.92 Å². The fourth-order valence-electron chi connectivity index (χ4n) is 1.93. The van der Waals surface area contributed by atoms with Crippen LogP contribution in [-0.4, -0.2) is 35.2 Å². The van der Waals surface area contributed by atoms with E-state index in [1.54, 1.807) is 4.90 Å². The summed E-state index contributed by atoms with van der Waals surface area (Å²) in [5.41, 5.74) is 5.80. The summed E-state index contributed by atoms with van der Waals surface area (Å²) in [5.74, 6) is 0.102. The van der Waals surface area contributed by atoms with E-state index in [1.165, 1.54) is 6.92 Å². The van der Waals surface area contributed by atoms with Gasteiger partial charge in [-0.05, 0) is 25.7 Å². The van der Waals surface area contributed by atoms with E-state index < -0.39 is 6.04 Å². The first-order valence-corrected chi connectivity index (χ1v) is 5.51. The predicted octanol–water partition coefficient (Wildman–Crippen LogP) is 0.550. The van der Waals surface area contributed by atoms with Gasteiger partial charge in [-0.25, -0.2) is 0 Å². The zero-order chi connectivity index (χ0) is 11.6. The van der Waals surface area contributed by atoms with Crippen molar-refractivity contribution >= 4 is 11.7 Å². The summed E-state index contributed by atoms with van der Waals surface area (Å²) in [6.45, 7) is 6.05. The minimum Gasteiger partial charge on any atom is -0.331 e. The van der Waals surface area contributed by atoms with Crippen molar-refractivity contribution in [3.05, 3.63) is 0 Å². The lowest BCUT2D eigenvalue weighted by Gasteiger charge is -2.27. The fourth-order valence-corrected chi connectivity index (χ4v) is 1.93. The number of likely N-dealkylation sites (tertiary alicyclic amines) is 1. The molecule has 1 rings (SSSR count). The van der Waals surface area contributed by atoms with Crippen LogP contribution in [0.2, 0.25) is 0 Å². The van der Waals surface area contributed by atoms with Crippen molar-refractivity contribution in [2.75, 3.05) is 6.54 Å². The molecule has 1 heterocycles. The first kappa shape index (κ1) is 12.2. The second kappa shape index (κ2) is 4.75. The number of hydrogen-bond acceptors (Lipinski definition) is 3. The average molecular weight is 212 g/mol. The molecule has 2 atom stereocenters. The number of rotatable bonds is 3. The van der Waals surface area contributed by atoms with Crippen LogP contribution in [0.1, 0.15) is 33.6 Å². The van der Waals surface area contributed by atoms with Crippen LogP contribution in [0.5, 0.6) is 0 Å². The van der Waals surface area contributed by atoms with E-state index in [1.807, 2.05) is 13.8 Å². The van der Waals surface area contributed by atoms with Gasteiger partial charge in [-0.3, -0.25) is 9.59 Å². The molecule has 86 valence electrons. The van der Waals surface area contributed by atoms with Gasteiger partial charge in [0.1, 0.15) is 0 Å². The Bertz CT molecular complexity index is 263. The van der Waals surface area contributed by atoms with Crippen LogP contribution in [0.15, 0.2) is 0 Å². The third-order valence-corrected chi connectivity index (χ3v) is 3.01. The van der Waals surface area contributed by atoms with Crippen LogP contribution in [0.25, 0.3) is 0 Å². The fraction of sp³-hybridized carbons (Fsp3) is 0.818. The van der Waals surface area contributed by atoms with E-state index in [2.05, 4.69) is 0 Å². The van der Waals surface area contributed by atoms with Gasteiger partial charge in [-0.15, -0.1) is 0 Å². The molecule has 0 aromatic rings. The van der Waals surface area contributed by atoms with Gasteiger partial charge in [0.25, 0.3) is 0 Å². The molecule has 4 heteroatoms. The molecule has 2 N–H and O–H groups in total. The predicted molar refractivity (Wildman–Crippen MR) is 58.2 cm³/mol. The Morgan fingerprint density at radius 2 is 2.00 bits per heavy atom. The molecule has 4 nitrogen and oxygen atoms in total. The summed E-state index contributed by atoms with van der Waals surface area (Å²) in [5, 5.41) is 0. The van der Waals surface area contributed by atoms with Crippen LogP contribution < -0.4 is 5.73 Å². The molecular formula is C11H20N2O2. The van der Waals surface area contributed by atoms with E-state index >= 15 is 0 Å². The quantitative estimate of drug-likeness (QED) is 0.743. The van der Waals surface area contributed by atoms with Crippen molar-refractivity contribution in [2.24, 2.45) is 11.7 Å². The van der Waals surface area contributed by atoms with E-state index in [-0.39, 0.29) is 23.7 Å². The van der Waals surface area contributed by atoms with Gasteiger partial charge in [0.05, 0.1) is 12.1 Å². The number of nitrogens with two attached hydrogens (primary N) is 1. The van der Waals surface area contributed by atoms with Crippen LogP contribution in [0.4, 0.5) is 0 Å². The van der Waals surface area contributed by atoms with E-state index in [4.69, 9.17) is 5.73 Å². The molecule has 0 aromatic heterocycles. The summed E-state index contributed by atoms with van der Waals surface area (Å²) in [4.78, 5) is 24.9. The van der Waals surface area contributed by atoms with E-state index in [9.17, 15) is 9.59 Å². The number of carbonyl (C=O) groups is 2. The van der Waals surface area contributed by atoms with Crippen molar-refractivity contribution in [1.82, 2.24) is 4.90 Å². The highest BCUT2D eigenvalue weighted by Gasteiger charge is 2.34. The average Bonchev–Trinajstić information content (AvgIpc) is 2.63. The number of ketones is 1. The minimum absolute atomic E-state index is 0.0665. The zero-order valence-electron chi connectivity index (χ0n) is 9.69. The summed E-state index contributed by atoms with van der Waals surface area (Å²) >= 11 is 0. The molecule has 1 amide bonds. The Hall–Kier alpha value is -0.900. The van der Waals surface area contributed by atoms with Crippen molar-refractivity contribution < 1.29 is 9.59 Å². The SMILES string of the molecule is CC(=O)[C@@H]1CCCN1C(=O)[C@@H](N)C(C)C. The summed E-state index contributed by atoms with van der Waals surface area (Å²) in [6.07, 6.45) is 1.69. The number of Topliss-reactive ketones (excluding diaryl/α,β-unsaturated/α-hetero) is 1. The zero-order valence-corrected chi connectivity index (χ0v) is 9.69. The largest absolute Gasteiger partial charge is 0.331 e. The monoisotopic (exact) mass is 212 g/mol. The third-order valence-electron chi connectivity index (χ3n) is 3.01. The highest BCUT2D eigenvalue weighted by Crippen LogP contribution is 2.19. The molecule has 0 aliphatic carbocycles. The van der Waals surface area contributed by atoms with Gasteiger partial charge in [-0.1, -0.05) is 13.8 Å². The lowest BCUT2D eigenvalue weighted by molar-refractivity contribution is -0.138. The van der Waals surface area contributed by atoms with Gasteiger partial charge in [0.15, 0.2) is 5.78 Å². The molecule has 0 radical (unpaired) electrons. The summed E-state index contributed by atoms with van der Waals surface area (Å²) < 4.78 is 0. The van der Waals surface area contributed by atoms with E-state index in [0.717, 1.165) is 12.8 Å². The molecule has 0 unspecified atom stereocenters. The lowest BCUT2D eigenvalue weighted by atomic mass is 10.0. The Morgan fingerprint density at radius 1 is 1.40 bits per heavy atom. The van der Waals surface area contributed by atoms with Gasteiger partial charge in [-0.2, -0.15) is 0 Å². The van der Waals surface area contributed by atoms with Gasteiger partial charge >= 0.3 is 0 Å². The van der Waals surface area contributed by atoms with E-state index in [0.29, 0.717) is 6.54 Å². The maximum atomic E-state index is 12.0. The Kier molecular flexibility index (Phi) is 3.85. The molecule has 0 saturated carbocycles. The molecule has 0 spiro atoms. The standard InChI is InChI=1S/C11H20N2O2/c1-7(2)10(12)11(15)13-6-4-5-9(13)8(3)14/h7,9-10H,4-6,12H2,1-3H3/t9-,10-/m0/s1. The van der Waals surface area contributed by atoms with Crippen molar-refractivity contribution in [2.45, 2.75) is 45.7 Å². The Balaban J connectivity index is 2.70. The molecule has 15 heavy (non-hydrogen) atoms. The first-order valence-electron chi connectivity index (χ1n) is 5.51. The molecule has 1 aliphatic heterocycles. The number of hydrogen-bond donors (Lipinski definition) is 1. The van der Waals surface area contributed by atoms with Crippen molar-refractivity contribution in [3.8, 4) is 0 Å². The molecule has 0 bridgehead atoms. The lowest BCUT2D eigenvalue weighted by Crippen LogP contribution is -2.50. The van der Waals surface area contributed by atoms with Crippen molar-refractivity contribution in [1.29, 1.82) is 0 Å². The maximum absolute atomic E-state index is 12.0. The highest BCUT2D eigenvalue weighted by molar-refractivity contribution is 5.90. The first-order chi connectivity index (χ1) is 6.95. The minimum atomic E-state index is -0.482. The number of carbonyl (C=O) groups excluding carboxylic acids is 2. The van der Waals surface area contributed by atoms with Gasteiger partial charge in [0, 0.05) is 6.54 Å². The second-order valence-corrected chi connectivity index (χ2v) is 4.57. The number of amides is 1. The van der Waals surface area contributed by atoms with Crippen LogP contribution in [0.3, 0.4) is 0 Å². The molecule has 1 fully saturated rings. The second-order valence-electron chi connectivity index (χ2n) is 4.57.